The Morgan fingerprint density at radius 1 is 0.826 bits per heavy atom. The average molecular weight is 309 g/mol. The van der Waals surface area contributed by atoms with E-state index in [0.717, 1.165) is 6.54 Å². The molecule has 0 saturated carbocycles. The van der Waals surface area contributed by atoms with Crippen LogP contribution in [0.4, 0.5) is 0 Å². The summed E-state index contributed by atoms with van der Waals surface area (Å²) < 4.78 is 0. The van der Waals surface area contributed by atoms with Crippen LogP contribution in [0.25, 0.3) is 0 Å². The summed E-state index contributed by atoms with van der Waals surface area (Å²) in [5, 5.41) is 0. The third-order valence-corrected chi connectivity index (χ3v) is 4.83. The fourth-order valence-electron chi connectivity index (χ4n) is 3.22. The predicted molar refractivity (Wildman–Crippen MR) is 101 cm³/mol. The van der Waals surface area contributed by atoms with Crippen LogP contribution in [0.5, 0.6) is 0 Å². The lowest BCUT2D eigenvalue weighted by Crippen LogP contribution is -2.26. The van der Waals surface area contributed by atoms with Gasteiger partial charge in [-0.25, -0.2) is 0 Å². The molecular weight excluding hydrogens is 278 g/mol. The van der Waals surface area contributed by atoms with E-state index in [2.05, 4.69) is 86.5 Å². The van der Waals surface area contributed by atoms with Crippen molar-refractivity contribution >= 4 is 0 Å². The van der Waals surface area contributed by atoms with Crippen LogP contribution in [0.2, 0.25) is 0 Å². The van der Waals surface area contributed by atoms with Crippen LogP contribution < -0.4 is 0 Å². The summed E-state index contributed by atoms with van der Waals surface area (Å²) >= 11 is 0. The van der Waals surface area contributed by atoms with Crippen LogP contribution in [0.1, 0.15) is 62.6 Å². The summed E-state index contributed by atoms with van der Waals surface area (Å²) in [6.07, 6.45) is 5.00. The summed E-state index contributed by atoms with van der Waals surface area (Å²) in [5.41, 5.74) is 2.90. The molecule has 0 amide bonds. The highest BCUT2D eigenvalue weighted by atomic mass is 15.1. The highest BCUT2D eigenvalue weighted by Crippen LogP contribution is 2.27. The third kappa shape index (κ3) is 5.51. The Bertz CT molecular complexity index is 534. The second-order valence-corrected chi connectivity index (χ2v) is 6.65. The van der Waals surface area contributed by atoms with E-state index in [1.54, 1.807) is 0 Å². The van der Waals surface area contributed by atoms with Crippen LogP contribution in [0.3, 0.4) is 0 Å². The Hall–Kier alpha value is -1.60. The zero-order chi connectivity index (χ0) is 16.5. The molecule has 0 spiro atoms. The number of unbranched alkanes of at least 4 members (excludes halogenated alkanes) is 1. The molecule has 0 saturated heterocycles. The van der Waals surface area contributed by atoms with Crippen molar-refractivity contribution in [1.82, 2.24) is 4.90 Å². The van der Waals surface area contributed by atoms with Gasteiger partial charge in [-0.1, -0.05) is 87.4 Å². The van der Waals surface area contributed by atoms with Gasteiger partial charge in [-0.15, -0.1) is 0 Å². The van der Waals surface area contributed by atoms with Gasteiger partial charge in [0.05, 0.1) is 0 Å². The first-order valence-electron chi connectivity index (χ1n) is 9.02. The molecule has 0 heterocycles. The standard InChI is InChI=1S/C22H31N/c1-4-5-16-22(21-14-10-7-11-15-21)23(3)18-17-19(2)20-12-8-6-9-13-20/h6-15,19,22H,4-5,16-18H2,1-3H3. The molecule has 2 aromatic carbocycles. The lowest BCUT2D eigenvalue weighted by Gasteiger charge is -2.29. The van der Waals surface area contributed by atoms with Crippen LogP contribution >= 0.6 is 0 Å². The van der Waals surface area contributed by atoms with Gasteiger partial charge in [0.15, 0.2) is 0 Å². The largest absolute Gasteiger partial charge is 0.299 e. The van der Waals surface area contributed by atoms with Gasteiger partial charge in [-0.05, 0) is 43.5 Å². The van der Waals surface area contributed by atoms with E-state index in [0.29, 0.717) is 12.0 Å². The van der Waals surface area contributed by atoms with Crippen LogP contribution in [-0.4, -0.2) is 18.5 Å². The molecule has 2 rings (SSSR count). The summed E-state index contributed by atoms with van der Waals surface area (Å²) in [6.45, 7) is 5.76. The van der Waals surface area contributed by atoms with E-state index >= 15 is 0 Å². The number of hydrogen-bond acceptors (Lipinski definition) is 1. The van der Waals surface area contributed by atoms with E-state index in [1.807, 2.05) is 0 Å². The lowest BCUT2D eigenvalue weighted by atomic mass is 9.96. The predicted octanol–water partition coefficient (Wildman–Crippen LogP) is 6.04. The van der Waals surface area contributed by atoms with Gasteiger partial charge in [0, 0.05) is 6.04 Å². The molecule has 124 valence electrons. The van der Waals surface area contributed by atoms with Crippen molar-refractivity contribution in [2.24, 2.45) is 0 Å². The molecule has 0 aromatic heterocycles. The zero-order valence-corrected chi connectivity index (χ0v) is 14.9. The molecule has 2 aromatic rings. The topological polar surface area (TPSA) is 3.24 Å². The monoisotopic (exact) mass is 309 g/mol. The van der Waals surface area contributed by atoms with Crippen LogP contribution in [-0.2, 0) is 0 Å². The molecule has 0 fully saturated rings. The van der Waals surface area contributed by atoms with Gasteiger partial charge in [-0.3, -0.25) is 4.90 Å². The first-order valence-corrected chi connectivity index (χ1v) is 9.02. The van der Waals surface area contributed by atoms with Crippen molar-refractivity contribution < 1.29 is 0 Å². The summed E-state index contributed by atoms with van der Waals surface area (Å²) in [5.74, 6) is 0.612. The van der Waals surface area contributed by atoms with Gasteiger partial charge in [0.25, 0.3) is 0 Å². The Morgan fingerprint density at radius 2 is 1.39 bits per heavy atom. The van der Waals surface area contributed by atoms with E-state index in [4.69, 9.17) is 0 Å². The lowest BCUT2D eigenvalue weighted by molar-refractivity contribution is 0.222. The third-order valence-electron chi connectivity index (χ3n) is 4.83. The summed E-state index contributed by atoms with van der Waals surface area (Å²) in [6, 6.07) is 22.4. The Balaban J connectivity index is 1.96. The molecule has 1 nitrogen and oxygen atoms in total. The minimum Gasteiger partial charge on any atom is -0.299 e. The van der Waals surface area contributed by atoms with E-state index in [1.165, 1.54) is 36.8 Å². The van der Waals surface area contributed by atoms with Crippen molar-refractivity contribution in [2.75, 3.05) is 13.6 Å². The van der Waals surface area contributed by atoms with Crippen molar-refractivity contribution in [1.29, 1.82) is 0 Å². The fraction of sp³-hybridized carbons (Fsp3) is 0.455. The summed E-state index contributed by atoms with van der Waals surface area (Å²) in [7, 11) is 2.28. The van der Waals surface area contributed by atoms with Crippen molar-refractivity contribution in [2.45, 2.75) is 51.5 Å². The first-order chi connectivity index (χ1) is 11.2. The number of hydrogen-bond donors (Lipinski definition) is 0. The van der Waals surface area contributed by atoms with Gasteiger partial charge in [0.2, 0.25) is 0 Å². The fourth-order valence-corrected chi connectivity index (χ4v) is 3.22. The molecule has 0 aliphatic heterocycles. The quantitative estimate of drug-likeness (QED) is 0.545. The molecule has 0 aliphatic rings. The maximum atomic E-state index is 2.55. The average Bonchev–Trinajstić information content (AvgIpc) is 2.61. The highest BCUT2D eigenvalue weighted by Gasteiger charge is 2.17. The van der Waals surface area contributed by atoms with Crippen molar-refractivity contribution in [3.8, 4) is 0 Å². The molecule has 23 heavy (non-hydrogen) atoms. The van der Waals surface area contributed by atoms with Gasteiger partial charge in [-0.2, -0.15) is 0 Å². The summed E-state index contributed by atoms with van der Waals surface area (Å²) in [4.78, 5) is 2.55. The second-order valence-electron chi connectivity index (χ2n) is 6.65. The van der Waals surface area contributed by atoms with Crippen LogP contribution in [0.15, 0.2) is 60.7 Å². The zero-order valence-electron chi connectivity index (χ0n) is 14.9. The molecule has 0 radical (unpaired) electrons. The van der Waals surface area contributed by atoms with E-state index in [9.17, 15) is 0 Å². The smallest absolute Gasteiger partial charge is 0.0345 e. The molecule has 1 heteroatoms. The normalized spacial score (nSPS) is 13.9. The van der Waals surface area contributed by atoms with E-state index in [-0.39, 0.29) is 0 Å². The maximum absolute atomic E-state index is 2.55. The van der Waals surface area contributed by atoms with Gasteiger partial charge >= 0.3 is 0 Å². The minimum absolute atomic E-state index is 0.541. The minimum atomic E-state index is 0.541. The van der Waals surface area contributed by atoms with E-state index < -0.39 is 0 Å². The van der Waals surface area contributed by atoms with Gasteiger partial charge in [0.1, 0.15) is 0 Å². The Kier molecular flexibility index (Phi) is 7.35. The highest BCUT2D eigenvalue weighted by molar-refractivity contribution is 5.20. The number of rotatable bonds is 9. The maximum Gasteiger partial charge on any atom is 0.0345 e. The number of nitrogens with zero attached hydrogens (tertiary/aromatic N) is 1. The van der Waals surface area contributed by atoms with Crippen molar-refractivity contribution in [3.05, 3.63) is 71.8 Å². The Morgan fingerprint density at radius 3 is 1.96 bits per heavy atom. The molecule has 2 atom stereocenters. The molecule has 0 aliphatic carbocycles. The SMILES string of the molecule is CCCCC(c1ccccc1)N(C)CCC(C)c1ccccc1. The van der Waals surface area contributed by atoms with Crippen LogP contribution in [0, 0.1) is 0 Å². The second kappa shape index (κ2) is 9.52. The van der Waals surface area contributed by atoms with Gasteiger partial charge < -0.3 is 0 Å². The first kappa shape index (κ1) is 17.7. The molecule has 2 unspecified atom stereocenters. The molecule has 0 bridgehead atoms. The molecular formula is C22H31N. The number of benzene rings is 2. The molecule has 0 N–H and O–H groups in total. The Labute approximate surface area is 142 Å². The van der Waals surface area contributed by atoms with Crippen molar-refractivity contribution in [3.63, 3.8) is 0 Å².